The van der Waals surface area contributed by atoms with Crippen LogP contribution in [0.4, 0.5) is 11.4 Å². The second kappa shape index (κ2) is 8.58. The van der Waals surface area contributed by atoms with Gasteiger partial charge in [-0.1, -0.05) is 6.07 Å². The highest BCUT2D eigenvalue weighted by atomic mass is 16.5. The Balaban J connectivity index is 1.62. The lowest BCUT2D eigenvalue weighted by molar-refractivity contribution is -0.122. The van der Waals surface area contributed by atoms with Crippen molar-refractivity contribution in [1.29, 1.82) is 0 Å². The van der Waals surface area contributed by atoms with Gasteiger partial charge in [-0.2, -0.15) is 0 Å². The fourth-order valence-electron chi connectivity index (χ4n) is 2.99. The molecule has 1 aliphatic heterocycles. The van der Waals surface area contributed by atoms with Crippen LogP contribution in [0.3, 0.4) is 0 Å². The van der Waals surface area contributed by atoms with Crippen LogP contribution in [-0.2, 0) is 9.59 Å². The minimum atomic E-state index is -0.668. The first-order valence-corrected chi connectivity index (χ1v) is 9.09. The monoisotopic (exact) mass is 368 g/mol. The average Bonchev–Trinajstić information content (AvgIpc) is 2.69. The molecule has 1 N–H and O–H groups in total. The Morgan fingerprint density at radius 1 is 1.11 bits per heavy atom. The standard InChI is InChI=1S/C21H24N2O4/c1-15(27-19-11-9-18(26-2)10-12-19)21(25)22-16-6-5-7-17(14-16)23-13-4-3-8-20(23)24/h5-7,9-12,14-15H,3-4,8,13H2,1-2H3,(H,22,25). The molecule has 2 amide bonds. The number of ether oxygens (including phenoxy) is 2. The highest BCUT2D eigenvalue weighted by Gasteiger charge is 2.20. The van der Waals surface area contributed by atoms with E-state index in [1.165, 1.54) is 0 Å². The molecule has 1 fully saturated rings. The van der Waals surface area contributed by atoms with E-state index in [0.717, 1.165) is 24.3 Å². The zero-order valence-electron chi connectivity index (χ0n) is 15.6. The molecule has 2 aromatic rings. The Labute approximate surface area is 159 Å². The molecule has 0 radical (unpaired) electrons. The van der Waals surface area contributed by atoms with Crippen molar-refractivity contribution in [2.24, 2.45) is 0 Å². The number of carbonyl (C=O) groups is 2. The van der Waals surface area contributed by atoms with E-state index in [-0.39, 0.29) is 11.8 Å². The predicted molar refractivity (Wildman–Crippen MR) is 104 cm³/mol. The molecule has 0 spiro atoms. The number of methoxy groups -OCH3 is 1. The summed E-state index contributed by atoms with van der Waals surface area (Å²) in [4.78, 5) is 26.3. The molecule has 0 saturated carbocycles. The molecule has 1 aliphatic rings. The summed E-state index contributed by atoms with van der Waals surface area (Å²) in [6.45, 7) is 2.41. The van der Waals surface area contributed by atoms with Crippen molar-refractivity contribution in [2.45, 2.75) is 32.3 Å². The molecule has 1 heterocycles. The van der Waals surface area contributed by atoms with Crippen molar-refractivity contribution < 1.29 is 19.1 Å². The fourth-order valence-corrected chi connectivity index (χ4v) is 2.99. The van der Waals surface area contributed by atoms with Gasteiger partial charge in [-0.3, -0.25) is 9.59 Å². The molecule has 6 nitrogen and oxygen atoms in total. The topological polar surface area (TPSA) is 67.9 Å². The van der Waals surface area contributed by atoms with E-state index in [9.17, 15) is 9.59 Å². The number of amides is 2. The van der Waals surface area contributed by atoms with Gasteiger partial charge in [-0.05, 0) is 62.2 Å². The van der Waals surface area contributed by atoms with Crippen LogP contribution < -0.4 is 19.7 Å². The number of rotatable bonds is 6. The molecule has 1 saturated heterocycles. The lowest BCUT2D eigenvalue weighted by Gasteiger charge is -2.27. The second-order valence-corrected chi connectivity index (χ2v) is 6.48. The lowest BCUT2D eigenvalue weighted by Crippen LogP contribution is -2.35. The largest absolute Gasteiger partial charge is 0.497 e. The summed E-state index contributed by atoms with van der Waals surface area (Å²) in [5, 5.41) is 2.85. The summed E-state index contributed by atoms with van der Waals surface area (Å²) in [5.74, 6) is 1.18. The molecule has 0 aromatic heterocycles. The molecule has 6 heteroatoms. The van der Waals surface area contributed by atoms with E-state index in [4.69, 9.17) is 9.47 Å². The van der Waals surface area contributed by atoms with Crippen molar-refractivity contribution >= 4 is 23.2 Å². The third-order valence-electron chi connectivity index (χ3n) is 4.49. The van der Waals surface area contributed by atoms with Gasteiger partial charge in [0, 0.05) is 24.3 Å². The van der Waals surface area contributed by atoms with Crippen molar-refractivity contribution in [2.75, 3.05) is 23.9 Å². The van der Waals surface area contributed by atoms with E-state index >= 15 is 0 Å². The summed E-state index contributed by atoms with van der Waals surface area (Å²) in [5.41, 5.74) is 1.45. The van der Waals surface area contributed by atoms with Crippen molar-refractivity contribution in [1.82, 2.24) is 0 Å². The number of hydrogen-bond donors (Lipinski definition) is 1. The Morgan fingerprint density at radius 3 is 2.56 bits per heavy atom. The molecule has 1 atom stereocenters. The van der Waals surface area contributed by atoms with Crippen LogP contribution in [-0.4, -0.2) is 31.6 Å². The summed E-state index contributed by atoms with van der Waals surface area (Å²) in [6.07, 6.45) is 1.84. The summed E-state index contributed by atoms with van der Waals surface area (Å²) < 4.78 is 10.8. The van der Waals surface area contributed by atoms with E-state index in [2.05, 4.69) is 5.32 Å². The zero-order chi connectivity index (χ0) is 19.2. The van der Waals surface area contributed by atoms with Gasteiger partial charge in [0.25, 0.3) is 5.91 Å². The smallest absolute Gasteiger partial charge is 0.265 e. The Kier molecular flexibility index (Phi) is 5.96. The molecule has 3 rings (SSSR count). The normalized spacial score (nSPS) is 15.2. The van der Waals surface area contributed by atoms with E-state index < -0.39 is 6.10 Å². The van der Waals surface area contributed by atoms with Crippen LogP contribution >= 0.6 is 0 Å². The SMILES string of the molecule is COc1ccc(OC(C)C(=O)Nc2cccc(N3CCCCC3=O)c2)cc1. The van der Waals surface area contributed by atoms with Gasteiger partial charge in [-0.25, -0.2) is 0 Å². The number of piperidine rings is 1. The minimum Gasteiger partial charge on any atom is -0.497 e. The van der Waals surface area contributed by atoms with Crippen LogP contribution in [0.25, 0.3) is 0 Å². The summed E-state index contributed by atoms with van der Waals surface area (Å²) in [7, 11) is 1.59. The first-order valence-electron chi connectivity index (χ1n) is 9.09. The molecule has 0 aliphatic carbocycles. The van der Waals surface area contributed by atoms with Crippen LogP contribution in [0.5, 0.6) is 11.5 Å². The Morgan fingerprint density at radius 2 is 1.85 bits per heavy atom. The van der Waals surface area contributed by atoms with Gasteiger partial charge in [0.1, 0.15) is 11.5 Å². The van der Waals surface area contributed by atoms with Crippen molar-refractivity contribution in [3.63, 3.8) is 0 Å². The van der Waals surface area contributed by atoms with Crippen molar-refractivity contribution in [3.05, 3.63) is 48.5 Å². The van der Waals surface area contributed by atoms with Crippen LogP contribution in [0.2, 0.25) is 0 Å². The van der Waals surface area contributed by atoms with Gasteiger partial charge in [-0.15, -0.1) is 0 Å². The van der Waals surface area contributed by atoms with Crippen LogP contribution in [0.15, 0.2) is 48.5 Å². The number of nitrogens with zero attached hydrogens (tertiary/aromatic N) is 1. The van der Waals surface area contributed by atoms with Crippen LogP contribution in [0.1, 0.15) is 26.2 Å². The fraction of sp³-hybridized carbons (Fsp3) is 0.333. The maximum atomic E-state index is 12.5. The van der Waals surface area contributed by atoms with Gasteiger partial charge < -0.3 is 19.7 Å². The first kappa shape index (κ1) is 18.8. The number of nitrogens with one attached hydrogen (secondary N) is 1. The van der Waals surface area contributed by atoms with Gasteiger partial charge >= 0.3 is 0 Å². The van der Waals surface area contributed by atoms with Gasteiger partial charge in [0.15, 0.2) is 6.10 Å². The van der Waals surface area contributed by atoms with E-state index in [1.54, 1.807) is 49.3 Å². The molecule has 27 heavy (non-hydrogen) atoms. The number of hydrogen-bond acceptors (Lipinski definition) is 4. The summed E-state index contributed by atoms with van der Waals surface area (Å²) >= 11 is 0. The molecule has 142 valence electrons. The molecular formula is C21H24N2O4. The quantitative estimate of drug-likeness (QED) is 0.846. The predicted octanol–water partition coefficient (Wildman–Crippen LogP) is 3.62. The minimum absolute atomic E-state index is 0.126. The molecular weight excluding hydrogens is 344 g/mol. The number of carbonyl (C=O) groups excluding carboxylic acids is 2. The molecule has 1 unspecified atom stereocenters. The Bertz CT molecular complexity index is 804. The molecule has 0 bridgehead atoms. The summed E-state index contributed by atoms with van der Waals surface area (Å²) in [6, 6.07) is 14.4. The molecule has 2 aromatic carbocycles. The second-order valence-electron chi connectivity index (χ2n) is 6.48. The van der Waals surface area contributed by atoms with E-state index in [1.807, 2.05) is 18.2 Å². The third-order valence-corrected chi connectivity index (χ3v) is 4.49. The highest BCUT2D eigenvalue weighted by Crippen LogP contribution is 2.24. The lowest BCUT2D eigenvalue weighted by atomic mass is 10.1. The van der Waals surface area contributed by atoms with Gasteiger partial charge in [0.05, 0.1) is 7.11 Å². The number of anilines is 2. The third kappa shape index (κ3) is 4.78. The van der Waals surface area contributed by atoms with Crippen LogP contribution in [0, 0.1) is 0 Å². The maximum absolute atomic E-state index is 12.5. The van der Waals surface area contributed by atoms with Crippen molar-refractivity contribution in [3.8, 4) is 11.5 Å². The zero-order valence-corrected chi connectivity index (χ0v) is 15.6. The number of benzene rings is 2. The highest BCUT2D eigenvalue weighted by molar-refractivity contribution is 5.97. The Hall–Kier alpha value is -3.02. The maximum Gasteiger partial charge on any atom is 0.265 e. The first-order chi connectivity index (χ1) is 13.1. The van der Waals surface area contributed by atoms with Gasteiger partial charge in [0.2, 0.25) is 5.91 Å². The van der Waals surface area contributed by atoms with E-state index in [0.29, 0.717) is 24.4 Å². The average molecular weight is 368 g/mol.